The zero-order valence-corrected chi connectivity index (χ0v) is 19.2. The molecule has 4 heterocycles. The molecule has 0 aliphatic carbocycles. The van der Waals surface area contributed by atoms with Crippen molar-refractivity contribution in [2.24, 2.45) is 5.92 Å². The SMILES string of the molecule is CCOC(=O)c1cn(-c2nccs2)c2nc(N3CC(C=O)C3)cc(NC(C)(C)C)c2c1=O. The third-order valence-corrected chi connectivity index (χ3v) is 5.77. The van der Waals surface area contributed by atoms with Gasteiger partial charge in [0, 0.05) is 48.4 Å². The van der Waals surface area contributed by atoms with Crippen LogP contribution in [0.2, 0.25) is 0 Å². The van der Waals surface area contributed by atoms with Gasteiger partial charge in [0.25, 0.3) is 0 Å². The van der Waals surface area contributed by atoms with Crippen LogP contribution in [0, 0.1) is 5.92 Å². The molecule has 32 heavy (non-hydrogen) atoms. The number of anilines is 2. The second-order valence-corrected chi connectivity index (χ2v) is 9.55. The van der Waals surface area contributed by atoms with E-state index in [9.17, 15) is 14.4 Å². The van der Waals surface area contributed by atoms with Crippen LogP contribution in [0.5, 0.6) is 0 Å². The molecule has 0 aromatic carbocycles. The van der Waals surface area contributed by atoms with Gasteiger partial charge in [-0.3, -0.25) is 9.36 Å². The predicted octanol–water partition coefficient (Wildman–Crippen LogP) is 2.86. The first kappa shape index (κ1) is 21.9. The van der Waals surface area contributed by atoms with Gasteiger partial charge in [0.15, 0.2) is 10.8 Å². The standard InChI is InChI=1S/C22H25N5O4S/c1-5-31-20(30)14-11-27(21-23-6-7-32-21)19-17(18(14)29)15(25-22(2,3)4)8-16(24-19)26-9-13(10-26)12-28/h6-8,11-13H,5,9-10H2,1-4H3,(H,24,25). The Balaban J connectivity index is 2.02. The van der Waals surface area contributed by atoms with Crippen molar-refractivity contribution in [1.82, 2.24) is 14.5 Å². The number of rotatable bonds is 6. The Morgan fingerprint density at radius 3 is 2.72 bits per heavy atom. The maximum Gasteiger partial charge on any atom is 0.343 e. The van der Waals surface area contributed by atoms with Crippen molar-refractivity contribution in [1.29, 1.82) is 0 Å². The van der Waals surface area contributed by atoms with Crippen molar-refractivity contribution in [2.75, 3.05) is 29.9 Å². The summed E-state index contributed by atoms with van der Waals surface area (Å²) in [4.78, 5) is 48.3. The minimum atomic E-state index is -0.688. The smallest absolute Gasteiger partial charge is 0.343 e. The quantitative estimate of drug-likeness (QED) is 0.447. The van der Waals surface area contributed by atoms with E-state index in [4.69, 9.17) is 9.72 Å². The molecular weight excluding hydrogens is 430 g/mol. The number of pyridine rings is 2. The highest BCUT2D eigenvalue weighted by atomic mass is 32.1. The summed E-state index contributed by atoms with van der Waals surface area (Å²) in [6.45, 7) is 8.94. The van der Waals surface area contributed by atoms with Crippen LogP contribution in [0.15, 0.2) is 28.6 Å². The molecule has 3 aromatic heterocycles. The molecule has 1 aliphatic heterocycles. The molecule has 0 bridgehead atoms. The number of aromatic nitrogens is 3. The van der Waals surface area contributed by atoms with Crippen LogP contribution in [0.4, 0.5) is 11.5 Å². The summed E-state index contributed by atoms with van der Waals surface area (Å²) in [7, 11) is 0. The second kappa shape index (κ2) is 8.34. The minimum Gasteiger partial charge on any atom is -0.462 e. The Morgan fingerprint density at radius 1 is 1.38 bits per heavy atom. The van der Waals surface area contributed by atoms with Crippen LogP contribution in [0.3, 0.4) is 0 Å². The molecule has 3 aromatic rings. The number of fused-ring (bicyclic) bond motifs is 1. The predicted molar refractivity (Wildman–Crippen MR) is 124 cm³/mol. The molecule has 0 amide bonds. The summed E-state index contributed by atoms with van der Waals surface area (Å²) in [5.41, 5.74) is 0.0623. The number of carbonyl (C=O) groups is 2. The number of nitrogens with zero attached hydrogens (tertiary/aromatic N) is 4. The van der Waals surface area contributed by atoms with E-state index < -0.39 is 11.4 Å². The number of esters is 1. The van der Waals surface area contributed by atoms with Gasteiger partial charge >= 0.3 is 5.97 Å². The largest absolute Gasteiger partial charge is 0.462 e. The highest BCUT2D eigenvalue weighted by Crippen LogP contribution is 2.32. The maximum atomic E-state index is 13.5. The Labute approximate surface area is 189 Å². The summed E-state index contributed by atoms with van der Waals surface area (Å²) in [5, 5.41) is 6.06. The summed E-state index contributed by atoms with van der Waals surface area (Å²) < 4.78 is 6.79. The molecule has 0 unspecified atom stereocenters. The topological polar surface area (TPSA) is 106 Å². The van der Waals surface area contributed by atoms with E-state index in [1.165, 1.54) is 17.5 Å². The van der Waals surface area contributed by atoms with Crippen LogP contribution in [0.25, 0.3) is 16.2 Å². The molecule has 0 atom stereocenters. The Hall–Kier alpha value is -3.27. The van der Waals surface area contributed by atoms with Gasteiger partial charge in [-0.05, 0) is 27.7 Å². The Kier molecular flexibility index (Phi) is 5.72. The van der Waals surface area contributed by atoms with Gasteiger partial charge < -0.3 is 19.7 Å². The summed E-state index contributed by atoms with van der Waals surface area (Å²) in [6.07, 6.45) is 4.04. The monoisotopic (exact) mass is 455 g/mol. The first-order valence-corrected chi connectivity index (χ1v) is 11.3. The summed E-state index contributed by atoms with van der Waals surface area (Å²) >= 11 is 1.36. The lowest BCUT2D eigenvalue weighted by atomic mass is 10.0. The fraction of sp³-hybridized carbons (Fsp3) is 0.409. The van der Waals surface area contributed by atoms with Crippen LogP contribution >= 0.6 is 11.3 Å². The van der Waals surface area contributed by atoms with Crippen LogP contribution in [-0.4, -0.2) is 52.0 Å². The van der Waals surface area contributed by atoms with Gasteiger partial charge in [-0.1, -0.05) is 0 Å². The van der Waals surface area contributed by atoms with Gasteiger partial charge in [0.05, 0.1) is 17.7 Å². The third-order valence-electron chi connectivity index (χ3n) is 5.00. The highest BCUT2D eigenvalue weighted by molar-refractivity contribution is 7.12. The molecule has 4 rings (SSSR count). The third kappa shape index (κ3) is 4.10. The van der Waals surface area contributed by atoms with E-state index >= 15 is 0 Å². The number of ether oxygens (including phenoxy) is 1. The van der Waals surface area contributed by atoms with Gasteiger partial charge in [-0.2, -0.15) is 0 Å². The molecule has 10 heteroatoms. The molecule has 1 saturated heterocycles. The van der Waals surface area contributed by atoms with E-state index in [1.54, 1.807) is 23.8 Å². The van der Waals surface area contributed by atoms with E-state index in [2.05, 4.69) is 10.3 Å². The average Bonchev–Trinajstić information content (AvgIpc) is 3.20. The average molecular weight is 456 g/mol. The molecule has 0 saturated carbocycles. The number of hydrogen-bond acceptors (Lipinski definition) is 9. The second-order valence-electron chi connectivity index (χ2n) is 8.68. The fourth-order valence-electron chi connectivity index (χ4n) is 3.59. The zero-order valence-electron chi connectivity index (χ0n) is 18.4. The molecule has 168 valence electrons. The van der Waals surface area contributed by atoms with Crippen molar-refractivity contribution in [3.8, 4) is 5.13 Å². The molecule has 1 aliphatic rings. The van der Waals surface area contributed by atoms with Gasteiger partial charge in [-0.25, -0.2) is 14.8 Å². The van der Waals surface area contributed by atoms with Crippen molar-refractivity contribution in [3.05, 3.63) is 39.6 Å². The molecule has 9 nitrogen and oxygen atoms in total. The van der Waals surface area contributed by atoms with Crippen molar-refractivity contribution < 1.29 is 14.3 Å². The number of nitrogens with one attached hydrogen (secondary N) is 1. The molecular formula is C22H25N5O4S. The minimum absolute atomic E-state index is 0.0288. The number of carbonyl (C=O) groups excluding carboxylic acids is 2. The van der Waals surface area contributed by atoms with Gasteiger partial charge in [-0.15, -0.1) is 11.3 Å². The van der Waals surface area contributed by atoms with Crippen molar-refractivity contribution >= 4 is 46.1 Å². The number of aldehydes is 1. The van der Waals surface area contributed by atoms with E-state index in [0.29, 0.717) is 35.4 Å². The lowest BCUT2D eigenvalue weighted by Gasteiger charge is -2.37. The maximum absolute atomic E-state index is 13.5. The van der Waals surface area contributed by atoms with Gasteiger partial charge in [0.2, 0.25) is 5.43 Å². The lowest BCUT2D eigenvalue weighted by Crippen LogP contribution is -2.48. The zero-order chi connectivity index (χ0) is 23.0. The Bertz CT molecular complexity index is 1220. The van der Waals surface area contributed by atoms with Crippen LogP contribution in [-0.2, 0) is 9.53 Å². The number of hydrogen-bond donors (Lipinski definition) is 1. The number of thiazole rings is 1. The summed E-state index contributed by atoms with van der Waals surface area (Å²) in [5.74, 6) is -0.0677. The fourth-order valence-corrected chi connectivity index (χ4v) is 4.20. The summed E-state index contributed by atoms with van der Waals surface area (Å²) in [6, 6.07) is 1.80. The van der Waals surface area contributed by atoms with Crippen LogP contribution < -0.4 is 15.6 Å². The first-order valence-electron chi connectivity index (χ1n) is 10.4. The lowest BCUT2D eigenvalue weighted by molar-refractivity contribution is -0.111. The van der Waals surface area contributed by atoms with E-state index in [0.717, 1.165) is 6.29 Å². The molecule has 1 fully saturated rings. The first-order chi connectivity index (χ1) is 15.2. The van der Waals surface area contributed by atoms with Crippen molar-refractivity contribution in [3.63, 3.8) is 0 Å². The van der Waals surface area contributed by atoms with E-state index in [1.807, 2.05) is 31.1 Å². The van der Waals surface area contributed by atoms with Crippen molar-refractivity contribution in [2.45, 2.75) is 33.2 Å². The molecule has 0 spiro atoms. The Morgan fingerprint density at radius 2 is 2.12 bits per heavy atom. The normalized spacial score (nSPS) is 14.3. The highest BCUT2D eigenvalue weighted by Gasteiger charge is 2.30. The van der Waals surface area contributed by atoms with E-state index in [-0.39, 0.29) is 29.0 Å². The molecule has 1 N–H and O–H groups in total. The van der Waals surface area contributed by atoms with Gasteiger partial charge in [0.1, 0.15) is 17.7 Å². The molecule has 0 radical (unpaired) electrons. The van der Waals surface area contributed by atoms with Crippen LogP contribution in [0.1, 0.15) is 38.1 Å².